The topological polar surface area (TPSA) is 76.1 Å². The third kappa shape index (κ3) is 4.09. The molecule has 7 nitrogen and oxygen atoms in total. The lowest BCUT2D eigenvalue weighted by Gasteiger charge is -2.28. The molecule has 7 heteroatoms. The Balaban J connectivity index is 1.60. The summed E-state index contributed by atoms with van der Waals surface area (Å²) in [6.45, 7) is 7.33. The summed E-state index contributed by atoms with van der Waals surface area (Å²) in [5, 5.41) is 3.40. The fourth-order valence-electron chi connectivity index (χ4n) is 3.14. The number of hydrogen-bond acceptors (Lipinski definition) is 7. The highest BCUT2D eigenvalue weighted by Crippen LogP contribution is 2.24. The molecule has 144 valence electrons. The molecule has 0 saturated carbocycles. The number of ether oxygens (including phenoxy) is 1. The van der Waals surface area contributed by atoms with Crippen LogP contribution in [0.3, 0.4) is 0 Å². The van der Waals surface area contributed by atoms with E-state index in [2.05, 4.69) is 38.2 Å². The quantitative estimate of drug-likeness (QED) is 0.731. The molecule has 0 unspecified atom stereocenters. The van der Waals surface area contributed by atoms with Crippen molar-refractivity contribution in [2.45, 2.75) is 20.3 Å². The molecule has 28 heavy (non-hydrogen) atoms. The minimum atomic E-state index is 0.623. The first-order valence-corrected chi connectivity index (χ1v) is 9.59. The van der Waals surface area contributed by atoms with E-state index in [1.54, 1.807) is 6.20 Å². The Hall–Kier alpha value is -3.06. The van der Waals surface area contributed by atoms with Crippen LogP contribution in [0.1, 0.15) is 18.3 Å². The van der Waals surface area contributed by atoms with E-state index < -0.39 is 0 Å². The molecule has 1 N–H and O–H groups in total. The van der Waals surface area contributed by atoms with Gasteiger partial charge in [-0.25, -0.2) is 15.0 Å². The summed E-state index contributed by atoms with van der Waals surface area (Å²) in [6.07, 6.45) is 2.58. The first kappa shape index (κ1) is 18.3. The van der Waals surface area contributed by atoms with Crippen molar-refractivity contribution < 1.29 is 4.74 Å². The average molecular weight is 376 g/mol. The number of aryl methyl sites for hydroxylation is 2. The normalized spacial score (nSPS) is 14.1. The first-order chi connectivity index (χ1) is 13.7. The van der Waals surface area contributed by atoms with E-state index in [0.717, 1.165) is 67.1 Å². The van der Waals surface area contributed by atoms with E-state index in [1.165, 1.54) is 0 Å². The molecule has 1 aliphatic rings. The van der Waals surface area contributed by atoms with E-state index in [1.807, 2.05) is 37.3 Å². The van der Waals surface area contributed by atoms with Crippen molar-refractivity contribution in [3.63, 3.8) is 0 Å². The highest BCUT2D eigenvalue weighted by molar-refractivity contribution is 5.63. The van der Waals surface area contributed by atoms with Crippen LogP contribution in [0.4, 0.5) is 17.3 Å². The number of pyridine rings is 2. The second kappa shape index (κ2) is 8.31. The predicted molar refractivity (Wildman–Crippen MR) is 110 cm³/mol. The van der Waals surface area contributed by atoms with E-state index >= 15 is 0 Å². The van der Waals surface area contributed by atoms with Gasteiger partial charge in [-0.1, -0.05) is 13.0 Å². The fourth-order valence-corrected chi connectivity index (χ4v) is 3.14. The van der Waals surface area contributed by atoms with Crippen LogP contribution < -0.4 is 10.2 Å². The minimum Gasteiger partial charge on any atom is -0.378 e. The third-order valence-corrected chi connectivity index (χ3v) is 4.70. The van der Waals surface area contributed by atoms with Crippen LogP contribution in [-0.2, 0) is 11.2 Å². The van der Waals surface area contributed by atoms with Gasteiger partial charge in [0.05, 0.1) is 24.6 Å². The summed E-state index contributed by atoms with van der Waals surface area (Å²) >= 11 is 0. The summed E-state index contributed by atoms with van der Waals surface area (Å²) < 4.78 is 5.42. The van der Waals surface area contributed by atoms with Crippen LogP contribution in [0.15, 0.2) is 42.6 Å². The van der Waals surface area contributed by atoms with Gasteiger partial charge < -0.3 is 15.0 Å². The lowest BCUT2D eigenvalue weighted by Crippen LogP contribution is -2.36. The lowest BCUT2D eigenvalue weighted by atomic mass is 10.2. The standard InChI is InChI=1S/C21H24N6O/c1-3-16-14-19(26-21(24-16)18-6-4-5-9-22-18)25-17-7-8-20(23-15(17)2)27-10-12-28-13-11-27/h4-9,14H,3,10-13H2,1-2H3,(H,24,25,26). The number of anilines is 3. The SMILES string of the molecule is CCc1cc(Nc2ccc(N3CCOCC3)nc2C)nc(-c2ccccn2)n1. The molecule has 1 saturated heterocycles. The van der Waals surface area contributed by atoms with Gasteiger partial charge in [0.15, 0.2) is 5.82 Å². The maximum atomic E-state index is 5.42. The lowest BCUT2D eigenvalue weighted by molar-refractivity contribution is 0.122. The monoisotopic (exact) mass is 376 g/mol. The largest absolute Gasteiger partial charge is 0.378 e. The van der Waals surface area contributed by atoms with Crippen molar-refractivity contribution in [2.75, 3.05) is 36.5 Å². The van der Waals surface area contributed by atoms with Gasteiger partial charge in [0.25, 0.3) is 0 Å². The third-order valence-electron chi connectivity index (χ3n) is 4.70. The van der Waals surface area contributed by atoms with Crippen molar-refractivity contribution in [3.05, 3.63) is 54.0 Å². The van der Waals surface area contributed by atoms with E-state index in [-0.39, 0.29) is 0 Å². The molecule has 1 aliphatic heterocycles. The number of aromatic nitrogens is 4. The van der Waals surface area contributed by atoms with Gasteiger partial charge in [-0.2, -0.15) is 0 Å². The zero-order chi connectivity index (χ0) is 19.3. The Morgan fingerprint density at radius 1 is 1.07 bits per heavy atom. The number of nitrogens with one attached hydrogen (secondary N) is 1. The van der Waals surface area contributed by atoms with Crippen LogP contribution >= 0.6 is 0 Å². The molecule has 4 heterocycles. The summed E-state index contributed by atoms with van der Waals surface area (Å²) in [5.41, 5.74) is 3.59. The zero-order valence-corrected chi connectivity index (χ0v) is 16.2. The Morgan fingerprint density at radius 3 is 2.64 bits per heavy atom. The molecule has 1 fully saturated rings. The molecular weight excluding hydrogens is 352 g/mol. The van der Waals surface area contributed by atoms with Gasteiger partial charge in [-0.3, -0.25) is 4.98 Å². The van der Waals surface area contributed by atoms with Crippen LogP contribution in [0, 0.1) is 6.92 Å². The number of morpholine rings is 1. The van der Waals surface area contributed by atoms with Crippen molar-refractivity contribution in [1.82, 2.24) is 19.9 Å². The maximum Gasteiger partial charge on any atom is 0.180 e. The molecule has 0 spiro atoms. The molecule has 0 amide bonds. The molecule has 0 aromatic carbocycles. The Morgan fingerprint density at radius 2 is 1.93 bits per heavy atom. The van der Waals surface area contributed by atoms with Crippen molar-refractivity contribution in [2.24, 2.45) is 0 Å². The number of hydrogen-bond donors (Lipinski definition) is 1. The number of nitrogens with zero attached hydrogens (tertiary/aromatic N) is 5. The molecule has 0 atom stereocenters. The van der Waals surface area contributed by atoms with Crippen LogP contribution in [-0.4, -0.2) is 46.2 Å². The summed E-state index contributed by atoms with van der Waals surface area (Å²) in [6, 6.07) is 11.8. The van der Waals surface area contributed by atoms with Crippen LogP contribution in [0.25, 0.3) is 11.5 Å². The van der Waals surface area contributed by atoms with Gasteiger partial charge in [-0.05, 0) is 37.6 Å². The summed E-state index contributed by atoms with van der Waals surface area (Å²) in [4.78, 5) is 20.7. The van der Waals surface area contributed by atoms with E-state index in [0.29, 0.717) is 5.82 Å². The zero-order valence-electron chi connectivity index (χ0n) is 16.2. The minimum absolute atomic E-state index is 0.623. The van der Waals surface area contributed by atoms with Gasteiger partial charge >= 0.3 is 0 Å². The molecule has 4 rings (SSSR count). The average Bonchev–Trinajstić information content (AvgIpc) is 2.76. The summed E-state index contributed by atoms with van der Waals surface area (Å²) in [7, 11) is 0. The van der Waals surface area contributed by atoms with Gasteiger partial charge in [0, 0.05) is 31.0 Å². The second-order valence-electron chi connectivity index (χ2n) is 6.66. The number of rotatable bonds is 5. The fraction of sp³-hybridized carbons (Fsp3) is 0.333. The van der Waals surface area contributed by atoms with E-state index in [9.17, 15) is 0 Å². The molecule has 0 aliphatic carbocycles. The molecule has 3 aromatic rings. The van der Waals surface area contributed by atoms with E-state index in [4.69, 9.17) is 9.72 Å². The maximum absolute atomic E-state index is 5.42. The molecule has 0 radical (unpaired) electrons. The second-order valence-corrected chi connectivity index (χ2v) is 6.66. The van der Waals surface area contributed by atoms with Gasteiger partial charge in [0.1, 0.15) is 17.3 Å². The smallest absolute Gasteiger partial charge is 0.180 e. The van der Waals surface area contributed by atoms with Crippen molar-refractivity contribution in [1.29, 1.82) is 0 Å². The Labute approximate surface area is 164 Å². The molecule has 0 bridgehead atoms. The highest BCUT2D eigenvalue weighted by Gasteiger charge is 2.14. The Bertz CT molecular complexity index is 941. The first-order valence-electron chi connectivity index (χ1n) is 9.59. The van der Waals surface area contributed by atoms with Crippen LogP contribution in [0.5, 0.6) is 0 Å². The summed E-state index contributed by atoms with van der Waals surface area (Å²) in [5.74, 6) is 2.35. The van der Waals surface area contributed by atoms with Gasteiger partial charge in [-0.15, -0.1) is 0 Å². The van der Waals surface area contributed by atoms with Crippen molar-refractivity contribution in [3.8, 4) is 11.5 Å². The highest BCUT2D eigenvalue weighted by atomic mass is 16.5. The Kier molecular flexibility index (Phi) is 5.43. The van der Waals surface area contributed by atoms with Crippen LogP contribution in [0.2, 0.25) is 0 Å². The van der Waals surface area contributed by atoms with Crippen molar-refractivity contribution >= 4 is 17.3 Å². The predicted octanol–water partition coefficient (Wildman–Crippen LogP) is 3.38. The molecule has 3 aromatic heterocycles. The molecular formula is C21H24N6O. The van der Waals surface area contributed by atoms with Gasteiger partial charge in [0.2, 0.25) is 0 Å².